The summed E-state index contributed by atoms with van der Waals surface area (Å²) in [5.74, 6) is -0.398. The van der Waals surface area contributed by atoms with Crippen LogP contribution in [0.2, 0.25) is 0 Å². The molecule has 0 spiro atoms. The van der Waals surface area contributed by atoms with Gasteiger partial charge in [-0.2, -0.15) is 10.4 Å². The Morgan fingerprint density at radius 1 is 1.32 bits per heavy atom. The number of aromatic nitrogens is 3. The molecule has 7 nitrogen and oxygen atoms in total. The Labute approximate surface area is 169 Å². The first kappa shape index (κ1) is 19.5. The quantitative estimate of drug-likeness (QED) is 0.570. The number of hydrogen-bond donors (Lipinski definition) is 2. The first-order chi connectivity index (χ1) is 13.5. The smallest absolute Gasteiger partial charge is 0.252 e. The number of rotatable bonds is 6. The van der Waals surface area contributed by atoms with E-state index in [0.29, 0.717) is 36.3 Å². The van der Waals surface area contributed by atoms with Gasteiger partial charge in [-0.15, -0.1) is 0 Å². The molecule has 142 valence electrons. The van der Waals surface area contributed by atoms with Crippen LogP contribution in [-0.2, 0) is 6.42 Å². The fourth-order valence-electron chi connectivity index (χ4n) is 2.65. The van der Waals surface area contributed by atoms with Crippen LogP contribution in [0.15, 0.2) is 47.2 Å². The first-order valence-corrected chi connectivity index (χ1v) is 9.21. The van der Waals surface area contributed by atoms with E-state index in [1.807, 2.05) is 0 Å². The number of benzene rings is 1. The molecule has 3 rings (SSSR count). The van der Waals surface area contributed by atoms with E-state index in [1.165, 1.54) is 35.1 Å². The maximum Gasteiger partial charge on any atom is 0.252 e. The lowest BCUT2D eigenvalue weighted by molar-refractivity contribution is 0.0952. The Balaban J connectivity index is 1.64. The van der Waals surface area contributed by atoms with Crippen molar-refractivity contribution >= 4 is 27.7 Å². The molecule has 0 aliphatic carbocycles. The van der Waals surface area contributed by atoms with Crippen LogP contribution in [0, 0.1) is 17.1 Å². The van der Waals surface area contributed by atoms with Crippen LogP contribution in [0.1, 0.15) is 28.0 Å². The summed E-state index contributed by atoms with van der Waals surface area (Å²) < 4.78 is 15.3. The van der Waals surface area contributed by atoms with E-state index in [9.17, 15) is 14.4 Å². The number of carbonyl (C=O) groups is 1. The van der Waals surface area contributed by atoms with Gasteiger partial charge in [-0.3, -0.25) is 9.78 Å². The number of carbonyl (C=O) groups excluding carboxylic acids is 1. The number of nitrogens with two attached hydrogens (primary N) is 1. The molecule has 0 fully saturated rings. The van der Waals surface area contributed by atoms with Crippen molar-refractivity contribution in [1.82, 2.24) is 20.1 Å². The van der Waals surface area contributed by atoms with Crippen molar-refractivity contribution in [2.24, 2.45) is 0 Å². The number of nitriles is 1. The van der Waals surface area contributed by atoms with Gasteiger partial charge in [0.05, 0.1) is 16.9 Å². The molecule has 0 aliphatic heterocycles. The minimum atomic E-state index is -0.369. The van der Waals surface area contributed by atoms with Gasteiger partial charge < -0.3 is 11.1 Å². The van der Waals surface area contributed by atoms with Crippen molar-refractivity contribution < 1.29 is 9.18 Å². The van der Waals surface area contributed by atoms with Gasteiger partial charge in [-0.05, 0) is 59.1 Å². The normalized spacial score (nSPS) is 10.5. The number of nitrogens with zero attached hydrogens (tertiary/aromatic N) is 4. The molecule has 0 atom stereocenters. The summed E-state index contributed by atoms with van der Waals surface area (Å²) in [7, 11) is 0. The Kier molecular flexibility index (Phi) is 6.01. The molecule has 3 aromatic rings. The van der Waals surface area contributed by atoms with Gasteiger partial charge in [0.1, 0.15) is 23.3 Å². The molecule has 28 heavy (non-hydrogen) atoms. The monoisotopic (exact) mass is 442 g/mol. The highest BCUT2D eigenvalue weighted by Gasteiger charge is 2.16. The van der Waals surface area contributed by atoms with E-state index in [0.717, 1.165) is 4.47 Å². The van der Waals surface area contributed by atoms with Crippen molar-refractivity contribution in [2.45, 2.75) is 12.8 Å². The molecule has 2 heterocycles. The molecule has 1 amide bonds. The number of halogens is 2. The van der Waals surface area contributed by atoms with Crippen LogP contribution in [0.5, 0.6) is 0 Å². The third-order valence-electron chi connectivity index (χ3n) is 4.02. The largest absolute Gasteiger partial charge is 0.382 e. The second kappa shape index (κ2) is 8.63. The minimum Gasteiger partial charge on any atom is -0.382 e. The van der Waals surface area contributed by atoms with E-state index >= 15 is 0 Å². The number of nitrogen functional groups attached to an aromatic ring is 1. The molecular formula is C19H16BrFN6O. The lowest BCUT2D eigenvalue weighted by Gasteiger charge is -2.05. The van der Waals surface area contributed by atoms with Crippen LogP contribution in [0.25, 0.3) is 5.69 Å². The van der Waals surface area contributed by atoms with Crippen molar-refractivity contribution in [1.29, 1.82) is 5.26 Å². The van der Waals surface area contributed by atoms with Gasteiger partial charge in [0, 0.05) is 23.4 Å². The Morgan fingerprint density at radius 2 is 2.07 bits per heavy atom. The summed E-state index contributed by atoms with van der Waals surface area (Å²) in [6, 6.07) is 9.42. The Bertz CT molecular complexity index is 1040. The molecule has 0 saturated heterocycles. The van der Waals surface area contributed by atoms with E-state index in [2.05, 4.69) is 37.4 Å². The standard InChI is InChI=1S/C19H16BrFN6O/c20-13-8-12(10-24-11-13)19(28)25-7-1-2-17-16(9-22)18(23)27(26-17)15-5-3-14(21)4-6-15/h3-6,8,10-11H,1-2,7,23H2,(H,25,28). The van der Waals surface area contributed by atoms with Crippen molar-refractivity contribution in [3.8, 4) is 11.8 Å². The summed E-state index contributed by atoms with van der Waals surface area (Å²) in [4.78, 5) is 16.1. The molecule has 1 aromatic carbocycles. The molecule has 2 aromatic heterocycles. The van der Waals surface area contributed by atoms with Crippen molar-refractivity contribution in [3.05, 3.63) is 69.8 Å². The molecule has 3 N–H and O–H groups in total. The first-order valence-electron chi connectivity index (χ1n) is 8.41. The predicted octanol–water partition coefficient (Wildman–Crippen LogP) is 2.99. The maximum absolute atomic E-state index is 13.1. The molecule has 0 radical (unpaired) electrons. The van der Waals surface area contributed by atoms with E-state index in [-0.39, 0.29) is 23.1 Å². The number of amides is 1. The van der Waals surface area contributed by atoms with Crippen LogP contribution in [-0.4, -0.2) is 27.2 Å². The number of nitrogens with one attached hydrogen (secondary N) is 1. The minimum absolute atomic E-state index is 0.202. The van der Waals surface area contributed by atoms with Gasteiger partial charge >= 0.3 is 0 Å². The summed E-state index contributed by atoms with van der Waals surface area (Å²) in [6.45, 7) is 0.402. The highest BCUT2D eigenvalue weighted by molar-refractivity contribution is 9.10. The molecule has 0 aliphatic rings. The fourth-order valence-corrected chi connectivity index (χ4v) is 3.01. The zero-order valence-corrected chi connectivity index (χ0v) is 16.3. The van der Waals surface area contributed by atoms with Gasteiger partial charge in [0.2, 0.25) is 0 Å². The van der Waals surface area contributed by atoms with Gasteiger partial charge in [-0.1, -0.05) is 0 Å². The zero-order chi connectivity index (χ0) is 20.1. The van der Waals surface area contributed by atoms with E-state index in [1.54, 1.807) is 12.3 Å². The zero-order valence-electron chi connectivity index (χ0n) is 14.7. The molecule has 0 bridgehead atoms. The highest BCUT2D eigenvalue weighted by Crippen LogP contribution is 2.21. The second-order valence-corrected chi connectivity index (χ2v) is 6.87. The van der Waals surface area contributed by atoms with Crippen LogP contribution >= 0.6 is 15.9 Å². The Hall–Kier alpha value is -3.25. The van der Waals surface area contributed by atoms with Crippen molar-refractivity contribution in [3.63, 3.8) is 0 Å². The highest BCUT2D eigenvalue weighted by atomic mass is 79.9. The number of hydrogen-bond acceptors (Lipinski definition) is 5. The average molecular weight is 443 g/mol. The fraction of sp³-hybridized carbons (Fsp3) is 0.158. The molecular weight excluding hydrogens is 427 g/mol. The van der Waals surface area contributed by atoms with Crippen LogP contribution in [0.3, 0.4) is 0 Å². The summed E-state index contributed by atoms with van der Waals surface area (Å²) in [5.41, 5.74) is 7.87. The van der Waals surface area contributed by atoms with Gasteiger partial charge in [0.25, 0.3) is 5.91 Å². The maximum atomic E-state index is 13.1. The van der Waals surface area contributed by atoms with Crippen LogP contribution < -0.4 is 11.1 Å². The number of pyridine rings is 1. The van der Waals surface area contributed by atoms with Crippen molar-refractivity contribution in [2.75, 3.05) is 12.3 Å². The summed E-state index contributed by atoms with van der Waals surface area (Å²) >= 11 is 3.27. The third kappa shape index (κ3) is 4.35. The summed E-state index contributed by atoms with van der Waals surface area (Å²) in [5, 5.41) is 16.6. The predicted molar refractivity (Wildman–Crippen MR) is 105 cm³/mol. The lowest BCUT2D eigenvalue weighted by Crippen LogP contribution is -2.25. The third-order valence-corrected chi connectivity index (χ3v) is 4.45. The topological polar surface area (TPSA) is 110 Å². The Morgan fingerprint density at radius 3 is 2.75 bits per heavy atom. The molecule has 0 saturated carbocycles. The van der Waals surface area contributed by atoms with E-state index in [4.69, 9.17) is 5.73 Å². The lowest BCUT2D eigenvalue weighted by atomic mass is 10.1. The number of anilines is 1. The van der Waals surface area contributed by atoms with Gasteiger partial charge in [-0.25, -0.2) is 9.07 Å². The average Bonchev–Trinajstić information content (AvgIpc) is 3.01. The van der Waals surface area contributed by atoms with Gasteiger partial charge in [0.15, 0.2) is 0 Å². The van der Waals surface area contributed by atoms with E-state index < -0.39 is 0 Å². The molecule has 0 unspecified atom stereocenters. The number of aryl methyl sites for hydroxylation is 1. The molecule has 9 heteroatoms. The second-order valence-electron chi connectivity index (χ2n) is 5.96. The summed E-state index contributed by atoms with van der Waals surface area (Å²) in [6.07, 6.45) is 4.11. The SMILES string of the molecule is N#Cc1c(CCCNC(=O)c2cncc(Br)c2)nn(-c2ccc(F)cc2)c1N. The van der Waals surface area contributed by atoms with Crippen LogP contribution in [0.4, 0.5) is 10.2 Å².